The molecule has 0 fully saturated rings. The largest absolute Gasteiger partial charge is 0.497 e. The van der Waals surface area contributed by atoms with Crippen molar-refractivity contribution in [3.8, 4) is 17.2 Å². The van der Waals surface area contributed by atoms with E-state index in [0.717, 1.165) is 0 Å². The summed E-state index contributed by atoms with van der Waals surface area (Å²) in [4.78, 5) is 25.5. The summed E-state index contributed by atoms with van der Waals surface area (Å²) in [7, 11) is 4.46. The Hall–Kier alpha value is -2.82. The molecule has 0 N–H and O–H groups in total. The van der Waals surface area contributed by atoms with Gasteiger partial charge in [-0.25, -0.2) is 0 Å². The van der Waals surface area contributed by atoms with Gasteiger partial charge in [0.1, 0.15) is 17.2 Å². The van der Waals surface area contributed by atoms with E-state index in [9.17, 15) is 9.59 Å². The van der Waals surface area contributed by atoms with Gasteiger partial charge in [0.15, 0.2) is 11.6 Å². The van der Waals surface area contributed by atoms with Crippen LogP contribution in [0.4, 0.5) is 0 Å². The van der Waals surface area contributed by atoms with Crippen molar-refractivity contribution >= 4 is 11.6 Å². The highest BCUT2D eigenvalue weighted by atomic mass is 16.5. The van der Waals surface area contributed by atoms with Crippen LogP contribution in [0.25, 0.3) is 0 Å². The van der Waals surface area contributed by atoms with Crippen LogP contribution in [0.5, 0.6) is 17.2 Å². The smallest absolute Gasteiger partial charge is 0.198 e. The van der Waals surface area contributed by atoms with Gasteiger partial charge in [0.2, 0.25) is 0 Å². The monoisotopic (exact) mass is 298 g/mol. The molecule has 2 aromatic carbocycles. The van der Waals surface area contributed by atoms with Crippen molar-refractivity contribution in [3.63, 3.8) is 0 Å². The predicted octanol–water partition coefficient (Wildman–Crippen LogP) is 2.49. The number of rotatable bonds is 3. The van der Waals surface area contributed by atoms with Gasteiger partial charge in [0.05, 0.1) is 26.9 Å². The first kappa shape index (κ1) is 14.1. The van der Waals surface area contributed by atoms with Gasteiger partial charge < -0.3 is 14.2 Å². The van der Waals surface area contributed by atoms with Gasteiger partial charge in [-0.05, 0) is 24.3 Å². The molecule has 0 radical (unpaired) electrons. The second kappa shape index (κ2) is 5.18. The van der Waals surface area contributed by atoms with Crippen LogP contribution >= 0.6 is 0 Å². The van der Waals surface area contributed by atoms with Gasteiger partial charge in [-0.15, -0.1) is 0 Å². The Labute approximate surface area is 127 Å². The van der Waals surface area contributed by atoms with Gasteiger partial charge in [-0.1, -0.05) is 0 Å². The molecule has 112 valence electrons. The zero-order chi connectivity index (χ0) is 15.9. The highest BCUT2D eigenvalue weighted by molar-refractivity contribution is 6.29. The van der Waals surface area contributed by atoms with E-state index in [0.29, 0.717) is 28.4 Å². The van der Waals surface area contributed by atoms with Crippen molar-refractivity contribution < 1.29 is 23.8 Å². The lowest BCUT2D eigenvalue weighted by molar-refractivity contribution is 0.0976. The summed E-state index contributed by atoms with van der Waals surface area (Å²) in [5, 5.41) is 0. The summed E-state index contributed by atoms with van der Waals surface area (Å²) in [5.74, 6) is 0.822. The fraction of sp³-hybridized carbons (Fsp3) is 0.176. The third-order valence-electron chi connectivity index (χ3n) is 3.72. The van der Waals surface area contributed by atoms with E-state index in [1.165, 1.54) is 21.3 Å². The number of ether oxygens (including phenoxy) is 3. The Bertz CT molecular complexity index is 792. The van der Waals surface area contributed by atoms with Crippen molar-refractivity contribution in [1.82, 2.24) is 0 Å². The maximum atomic E-state index is 12.7. The lowest BCUT2D eigenvalue weighted by Crippen LogP contribution is -2.22. The number of methoxy groups -OCH3 is 3. The molecule has 0 aliphatic heterocycles. The number of hydrogen-bond acceptors (Lipinski definition) is 5. The van der Waals surface area contributed by atoms with Gasteiger partial charge in [0, 0.05) is 22.8 Å². The molecule has 0 atom stereocenters. The Morgan fingerprint density at radius 3 is 2.00 bits per heavy atom. The van der Waals surface area contributed by atoms with Crippen LogP contribution in [0.1, 0.15) is 31.8 Å². The first-order valence-corrected chi connectivity index (χ1v) is 6.64. The van der Waals surface area contributed by atoms with Crippen molar-refractivity contribution in [2.45, 2.75) is 0 Å². The minimum Gasteiger partial charge on any atom is -0.497 e. The summed E-state index contributed by atoms with van der Waals surface area (Å²) in [6, 6.07) is 7.98. The lowest BCUT2D eigenvalue weighted by atomic mass is 9.83. The van der Waals surface area contributed by atoms with Crippen LogP contribution < -0.4 is 14.2 Å². The lowest BCUT2D eigenvalue weighted by Gasteiger charge is -2.20. The SMILES string of the molecule is COc1ccc2c(c1)C(=O)c1cc(OC)cc(OC)c1C2=O. The molecule has 0 aromatic heterocycles. The molecule has 0 spiro atoms. The summed E-state index contributed by atoms with van der Waals surface area (Å²) < 4.78 is 15.6. The zero-order valence-electron chi connectivity index (χ0n) is 12.4. The van der Waals surface area contributed by atoms with E-state index in [1.807, 2.05) is 0 Å². The number of ketones is 2. The molecule has 5 heteroatoms. The molecule has 1 aliphatic rings. The van der Waals surface area contributed by atoms with Gasteiger partial charge in [-0.3, -0.25) is 9.59 Å². The number of fused-ring (bicyclic) bond motifs is 2. The Kier molecular flexibility index (Phi) is 3.33. The second-order valence-corrected chi connectivity index (χ2v) is 4.82. The second-order valence-electron chi connectivity index (χ2n) is 4.82. The summed E-state index contributed by atoms with van der Waals surface area (Å²) in [6.45, 7) is 0. The maximum absolute atomic E-state index is 12.7. The quantitative estimate of drug-likeness (QED) is 0.743. The van der Waals surface area contributed by atoms with Gasteiger partial charge >= 0.3 is 0 Å². The standard InChI is InChI=1S/C17H14O5/c1-20-9-4-5-11-12(6-9)16(18)13-7-10(21-2)8-14(22-3)15(13)17(11)19/h4-8H,1-3H3. The fourth-order valence-electron chi connectivity index (χ4n) is 2.60. The van der Waals surface area contributed by atoms with E-state index in [4.69, 9.17) is 14.2 Å². The van der Waals surface area contributed by atoms with Crippen LogP contribution in [-0.4, -0.2) is 32.9 Å². The molecule has 2 aromatic rings. The molecule has 0 saturated carbocycles. The zero-order valence-corrected chi connectivity index (χ0v) is 12.4. The molecule has 0 amide bonds. The summed E-state index contributed by atoms with van der Waals surface area (Å²) in [6.07, 6.45) is 0. The molecular formula is C17H14O5. The molecule has 3 rings (SSSR count). The van der Waals surface area contributed by atoms with Crippen LogP contribution in [0, 0.1) is 0 Å². The average molecular weight is 298 g/mol. The highest BCUT2D eigenvalue weighted by Crippen LogP contribution is 2.37. The van der Waals surface area contributed by atoms with Gasteiger partial charge in [-0.2, -0.15) is 0 Å². The average Bonchev–Trinajstić information content (AvgIpc) is 2.57. The van der Waals surface area contributed by atoms with Crippen molar-refractivity contribution in [3.05, 3.63) is 52.6 Å². The van der Waals surface area contributed by atoms with Crippen LogP contribution in [-0.2, 0) is 0 Å². The van der Waals surface area contributed by atoms with Crippen molar-refractivity contribution in [1.29, 1.82) is 0 Å². The van der Waals surface area contributed by atoms with Crippen LogP contribution in [0.2, 0.25) is 0 Å². The molecule has 0 heterocycles. The Morgan fingerprint density at radius 1 is 0.682 bits per heavy atom. The first-order valence-electron chi connectivity index (χ1n) is 6.64. The maximum Gasteiger partial charge on any atom is 0.198 e. The van der Waals surface area contributed by atoms with E-state index in [2.05, 4.69) is 0 Å². The minimum atomic E-state index is -0.249. The van der Waals surface area contributed by atoms with Crippen LogP contribution in [0.3, 0.4) is 0 Å². The molecular weight excluding hydrogens is 284 g/mol. The van der Waals surface area contributed by atoms with E-state index < -0.39 is 0 Å². The molecule has 0 bridgehead atoms. The molecule has 5 nitrogen and oxygen atoms in total. The summed E-state index contributed by atoms with van der Waals surface area (Å²) in [5.41, 5.74) is 1.22. The third kappa shape index (κ3) is 1.94. The Balaban J connectivity index is 2.28. The topological polar surface area (TPSA) is 61.8 Å². The third-order valence-corrected chi connectivity index (χ3v) is 3.72. The van der Waals surface area contributed by atoms with E-state index >= 15 is 0 Å². The highest BCUT2D eigenvalue weighted by Gasteiger charge is 2.33. The first-order chi connectivity index (χ1) is 10.6. The summed E-state index contributed by atoms with van der Waals surface area (Å²) >= 11 is 0. The molecule has 0 saturated heterocycles. The van der Waals surface area contributed by atoms with Crippen molar-refractivity contribution in [2.75, 3.05) is 21.3 Å². The Morgan fingerprint density at radius 2 is 1.36 bits per heavy atom. The van der Waals surface area contributed by atoms with Crippen LogP contribution in [0.15, 0.2) is 30.3 Å². The fourth-order valence-corrected chi connectivity index (χ4v) is 2.60. The number of hydrogen-bond donors (Lipinski definition) is 0. The van der Waals surface area contributed by atoms with Crippen molar-refractivity contribution in [2.24, 2.45) is 0 Å². The molecule has 1 aliphatic carbocycles. The minimum absolute atomic E-state index is 0.244. The molecule has 0 unspecified atom stereocenters. The van der Waals surface area contributed by atoms with Gasteiger partial charge in [0.25, 0.3) is 0 Å². The van der Waals surface area contributed by atoms with E-state index in [-0.39, 0.29) is 22.7 Å². The number of carbonyl (C=O) groups is 2. The predicted molar refractivity (Wildman–Crippen MR) is 79.4 cm³/mol. The van der Waals surface area contributed by atoms with E-state index in [1.54, 1.807) is 30.3 Å². The molecule has 22 heavy (non-hydrogen) atoms. The number of benzene rings is 2. The normalized spacial score (nSPS) is 12.5. The number of carbonyl (C=O) groups excluding carboxylic acids is 2.